The van der Waals surface area contributed by atoms with E-state index in [2.05, 4.69) is 5.32 Å². The normalized spacial score (nSPS) is 13.6. The first-order chi connectivity index (χ1) is 15.0. The van der Waals surface area contributed by atoms with Crippen LogP contribution in [0.5, 0.6) is 11.5 Å². The zero-order valence-electron chi connectivity index (χ0n) is 17.5. The lowest BCUT2D eigenvalue weighted by atomic mass is 10.0. The third-order valence-corrected chi connectivity index (χ3v) is 5.06. The van der Waals surface area contributed by atoms with Gasteiger partial charge in [-0.1, -0.05) is 36.4 Å². The molecule has 0 radical (unpaired) electrons. The highest BCUT2D eigenvalue weighted by molar-refractivity contribution is 6.46. The molecule has 3 aromatic rings. The van der Waals surface area contributed by atoms with Crippen molar-refractivity contribution in [1.82, 2.24) is 0 Å². The van der Waals surface area contributed by atoms with Crippen molar-refractivity contribution in [3.8, 4) is 11.5 Å². The molecule has 0 atom stereocenters. The Morgan fingerprint density at radius 1 is 0.774 bits per heavy atom. The molecule has 0 saturated carbocycles. The number of carbonyl (C=O) groups is 2. The number of nitrogens with zero attached hydrogens (tertiary/aromatic N) is 1. The van der Waals surface area contributed by atoms with Crippen LogP contribution in [0.3, 0.4) is 0 Å². The number of aryl methyl sites for hydroxylation is 1. The Hall–Kier alpha value is -4.06. The Kier molecular flexibility index (Phi) is 5.45. The summed E-state index contributed by atoms with van der Waals surface area (Å²) in [7, 11) is 3.07. The number of carbonyl (C=O) groups excluding carboxylic acids is 2. The van der Waals surface area contributed by atoms with Crippen LogP contribution in [0.4, 0.5) is 11.4 Å². The van der Waals surface area contributed by atoms with Gasteiger partial charge in [0, 0.05) is 5.69 Å². The maximum absolute atomic E-state index is 13.5. The van der Waals surface area contributed by atoms with E-state index in [0.29, 0.717) is 22.7 Å². The van der Waals surface area contributed by atoms with Crippen LogP contribution in [0.1, 0.15) is 11.1 Å². The van der Waals surface area contributed by atoms with E-state index in [4.69, 9.17) is 9.47 Å². The summed E-state index contributed by atoms with van der Waals surface area (Å²) < 4.78 is 10.7. The molecule has 0 unspecified atom stereocenters. The molecule has 0 aliphatic carbocycles. The van der Waals surface area contributed by atoms with Crippen LogP contribution in [0, 0.1) is 6.92 Å². The van der Waals surface area contributed by atoms with E-state index in [0.717, 1.165) is 11.3 Å². The second-order valence-corrected chi connectivity index (χ2v) is 7.10. The highest BCUT2D eigenvalue weighted by Crippen LogP contribution is 2.37. The van der Waals surface area contributed by atoms with E-state index < -0.39 is 11.8 Å². The fourth-order valence-corrected chi connectivity index (χ4v) is 3.58. The summed E-state index contributed by atoms with van der Waals surface area (Å²) in [5, 5.41) is 3.17. The Morgan fingerprint density at radius 2 is 1.52 bits per heavy atom. The number of benzene rings is 3. The van der Waals surface area contributed by atoms with Gasteiger partial charge in [0.05, 0.1) is 25.5 Å². The van der Waals surface area contributed by atoms with E-state index in [1.165, 1.54) is 12.0 Å². The van der Waals surface area contributed by atoms with E-state index >= 15 is 0 Å². The van der Waals surface area contributed by atoms with Crippen molar-refractivity contribution in [3.05, 3.63) is 89.6 Å². The van der Waals surface area contributed by atoms with Gasteiger partial charge in [-0.25, -0.2) is 4.90 Å². The zero-order chi connectivity index (χ0) is 22.0. The van der Waals surface area contributed by atoms with Crippen LogP contribution in [-0.4, -0.2) is 26.0 Å². The molecule has 156 valence electrons. The fraction of sp³-hybridized carbons (Fsp3) is 0.120. The summed E-state index contributed by atoms with van der Waals surface area (Å²) in [6.07, 6.45) is 0. The first kappa shape index (κ1) is 20.2. The Morgan fingerprint density at radius 3 is 2.19 bits per heavy atom. The summed E-state index contributed by atoms with van der Waals surface area (Å²) in [5.74, 6) is 0.193. The average Bonchev–Trinajstić information content (AvgIpc) is 3.03. The van der Waals surface area contributed by atoms with Gasteiger partial charge in [-0.3, -0.25) is 9.59 Å². The second kappa shape index (κ2) is 8.36. The maximum atomic E-state index is 13.5. The number of rotatable bonds is 6. The van der Waals surface area contributed by atoms with Gasteiger partial charge in [0.1, 0.15) is 5.70 Å². The van der Waals surface area contributed by atoms with Gasteiger partial charge in [-0.15, -0.1) is 0 Å². The summed E-state index contributed by atoms with van der Waals surface area (Å²) in [6.45, 7) is 1.96. The van der Waals surface area contributed by atoms with E-state index in [1.807, 2.05) is 37.3 Å². The molecule has 4 rings (SSSR count). The van der Waals surface area contributed by atoms with Gasteiger partial charge in [-0.2, -0.15) is 0 Å². The number of hydrogen-bond acceptors (Lipinski definition) is 5. The van der Waals surface area contributed by atoms with Gasteiger partial charge < -0.3 is 14.8 Å². The van der Waals surface area contributed by atoms with Gasteiger partial charge in [0.25, 0.3) is 11.8 Å². The van der Waals surface area contributed by atoms with Crippen molar-refractivity contribution < 1.29 is 19.1 Å². The van der Waals surface area contributed by atoms with Crippen LogP contribution in [-0.2, 0) is 9.59 Å². The quantitative estimate of drug-likeness (QED) is 0.605. The number of para-hydroxylation sites is 1. The third-order valence-electron chi connectivity index (χ3n) is 5.06. The molecule has 1 aliphatic heterocycles. The number of methoxy groups -OCH3 is 2. The van der Waals surface area contributed by atoms with Crippen molar-refractivity contribution in [2.75, 3.05) is 24.4 Å². The minimum absolute atomic E-state index is 0.215. The lowest BCUT2D eigenvalue weighted by molar-refractivity contribution is -0.120. The van der Waals surface area contributed by atoms with Crippen molar-refractivity contribution in [2.24, 2.45) is 0 Å². The summed E-state index contributed by atoms with van der Waals surface area (Å²) in [6, 6.07) is 21.7. The minimum atomic E-state index is -0.414. The highest BCUT2D eigenvalue weighted by Gasteiger charge is 2.40. The molecule has 1 N–H and O–H groups in total. The van der Waals surface area contributed by atoms with Gasteiger partial charge in [-0.05, 0) is 54.4 Å². The number of hydrogen-bond donors (Lipinski definition) is 1. The van der Waals surface area contributed by atoms with E-state index in [1.54, 1.807) is 49.6 Å². The number of nitrogens with one attached hydrogen (secondary N) is 1. The highest BCUT2D eigenvalue weighted by atomic mass is 16.5. The maximum Gasteiger partial charge on any atom is 0.282 e. The molecule has 6 heteroatoms. The number of anilines is 2. The molecule has 0 spiro atoms. The third kappa shape index (κ3) is 3.75. The molecular formula is C25H22N2O4. The van der Waals surface area contributed by atoms with Gasteiger partial charge in [0.15, 0.2) is 11.5 Å². The summed E-state index contributed by atoms with van der Waals surface area (Å²) in [4.78, 5) is 28.1. The molecular weight excluding hydrogens is 392 g/mol. The predicted molar refractivity (Wildman–Crippen MR) is 120 cm³/mol. The standard InChI is InChI=1S/C25H22N2O4/c1-16-8-7-9-18(14-16)26-23-22(17-12-13-20(30-2)21(15-17)31-3)24(28)27(25(23)29)19-10-5-4-6-11-19/h4-15,26H,1-3H3. The van der Waals surface area contributed by atoms with Crippen LogP contribution in [0.25, 0.3) is 5.57 Å². The van der Waals surface area contributed by atoms with Crippen LogP contribution in [0.15, 0.2) is 78.5 Å². The fourth-order valence-electron chi connectivity index (χ4n) is 3.58. The summed E-state index contributed by atoms with van der Waals surface area (Å²) in [5.41, 5.74) is 3.32. The molecule has 31 heavy (non-hydrogen) atoms. The smallest absolute Gasteiger partial charge is 0.282 e. The molecule has 3 aromatic carbocycles. The van der Waals surface area contributed by atoms with Gasteiger partial charge in [0.2, 0.25) is 0 Å². The molecule has 1 aliphatic rings. The Balaban J connectivity index is 1.86. The van der Waals surface area contributed by atoms with E-state index in [9.17, 15) is 9.59 Å². The topological polar surface area (TPSA) is 67.9 Å². The molecule has 1 heterocycles. The van der Waals surface area contributed by atoms with Crippen LogP contribution >= 0.6 is 0 Å². The monoisotopic (exact) mass is 414 g/mol. The summed E-state index contributed by atoms with van der Waals surface area (Å²) >= 11 is 0. The SMILES string of the molecule is COc1ccc(C2=C(Nc3cccc(C)c3)C(=O)N(c3ccccc3)C2=O)cc1OC. The molecule has 2 amide bonds. The zero-order valence-corrected chi connectivity index (χ0v) is 17.5. The van der Waals surface area contributed by atoms with Crippen LogP contribution in [0.2, 0.25) is 0 Å². The molecule has 6 nitrogen and oxygen atoms in total. The molecule has 0 bridgehead atoms. The minimum Gasteiger partial charge on any atom is -0.493 e. The molecule has 0 aromatic heterocycles. The lowest BCUT2D eigenvalue weighted by Gasteiger charge is -2.15. The van der Waals surface area contributed by atoms with Crippen LogP contribution < -0.4 is 19.7 Å². The van der Waals surface area contributed by atoms with Crippen molar-refractivity contribution in [2.45, 2.75) is 6.92 Å². The van der Waals surface area contributed by atoms with E-state index in [-0.39, 0.29) is 11.3 Å². The number of amides is 2. The van der Waals surface area contributed by atoms with Gasteiger partial charge >= 0.3 is 0 Å². The van der Waals surface area contributed by atoms with Crippen molar-refractivity contribution in [1.29, 1.82) is 0 Å². The Bertz CT molecular complexity index is 1190. The molecule has 0 fully saturated rings. The van der Waals surface area contributed by atoms with Crippen molar-refractivity contribution >= 4 is 28.8 Å². The first-order valence-electron chi connectivity index (χ1n) is 9.77. The predicted octanol–water partition coefficient (Wildman–Crippen LogP) is 4.41. The largest absolute Gasteiger partial charge is 0.493 e. The van der Waals surface area contributed by atoms with Crippen molar-refractivity contribution in [3.63, 3.8) is 0 Å². The number of imide groups is 1. The first-order valence-corrected chi connectivity index (χ1v) is 9.77. The Labute approximate surface area is 180 Å². The average molecular weight is 414 g/mol. The number of ether oxygens (including phenoxy) is 2. The lowest BCUT2D eigenvalue weighted by Crippen LogP contribution is -2.32. The molecule has 0 saturated heterocycles. The second-order valence-electron chi connectivity index (χ2n) is 7.10.